The maximum atomic E-state index is 9.01. The summed E-state index contributed by atoms with van der Waals surface area (Å²) in [6.07, 6.45) is 0. The van der Waals surface area contributed by atoms with Crippen LogP contribution in [0.25, 0.3) is 0 Å². The summed E-state index contributed by atoms with van der Waals surface area (Å²) in [7, 11) is 1.58. The molecule has 1 aromatic carbocycles. The highest BCUT2D eigenvalue weighted by molar-refractivity contribution is 9.10. The van der Waals surface area contributed by atoms with Gasteiger partial charge in [-0.25, -0.2) is 0 Å². The van der Waals surface area contributed by atoms with Gasteiger partial charge >= 0.3 is 0 Å². The molecule has 1 aromatic rings. The molecule has 0 aromatic heterocycles. The van der Waals surface area contributed by atoms with Gasteiger partial charge in [0.25, 0.3) is 0 Å². The minimum Gasteiger partial charge on any atom is -0.314 e. The Labute approximate surface area is 84.8 Å². The normalized spacial score (nSPS) is 10.8. The van der Waals surface area contributed by atoms with Gasteiger partial charge in [0.1, 0.15) is 0 Å². The molecule has 0 aliphatic carbocycles. The lowest BCUT2D eigenvalue weighted by atomic mass is 10.2. The van der Waals surface area contributed by atoms with E-state index in [0.717, 1.165) is 15.1 Å². The van der Waals surface area contributed by atoms with E-state index in [1.54, 1.807) is 13.1 Å². The molecule has 0 radical (unpaired) electrons. The second kappa shape index (κ2) is 4.23. The Kier molecular flexibility index (Phi) is 3.53. The van der Waals surface area contributed by atoms with Crippen LogP contribution in [0.3, 0.4) is 0 Å². The molecule has 0 fully saturated rings. The molecule has 0 unspecified atom stereocenters. The molecule has 4 heteroatoms. The van der Waals surface area contributed by atoms with Gasteiger partial charge in [0.15, 0.2) is 0 Å². The molecule has 1 rings (SSSR count). The smallest absolute Gasteiger partial charge is 0.0511 e. The Morgan fingerprint density at radius 2 is 2.25 bits per heavy atom. The summed E-state index contributed by atoms with van der Waals surface area (Å²) in [6.45, 7) is 0.417. The first kappa shape index (κ1) is 9.99. The van der Waals surface area contributed by atoms with Crippen LogP contribution in [-0.2, 0) is 6.54 Å². The van der Waals surface area contributed by atoms with Gasteiger partial charge in [0.2, 0.25) is 0 Å². The van der Waals surface area contributed by atoms with Crippen molar-refractivity contribution in [2.75, 3.05) is 7.05 Å². The van der Waals surface area contributed by atoms with Crippen LogP contribution < -0.4 is 0 Å². The van der Waals surface area contributed by atoms with Crippen molar-refractivity contribution >= 4 is 27.5 Å². The number of halogens is 2. The zero-order chi connectivity index (χ0) is 9.14. The summed E-state index contributed by atoms with van der Waals surface area (Å²) in [5, 5.41) is 10.8. The van der Waals surface area contributed by atoms with Crippen molar-refractivity contribution in [2.24, 2.45) is 0 Å². The fourth-order valence-electron chi connectivity index (χ4n) is 0.912. The van der Waals surface area contributed by atoms with E-state index in [1.165, 1.54) is 0 Å². The van der Waals surface area contributed by atoms with E-state index >= 15 is 0 Å². The summed E-state index contributed by atoms with van der Waals surface area (Å²) in [6, 6.07) is 5.54. The van der Waals surface area contributed by atoms with Crippen LogP contribution in [0.5, 0.6) is 0 Å². The first-order chi connectivity index (χ1) is 5.61. The lowest BCUT2D eigenvalue weighted by Gasteiger charge is -2.10. The molecule has 2 nitrogen and oxygen atoms in total. The molecule has 0 saturated carbocycles. The topological polar surface area (TPSA) is 23.5 Å². The number of hydrogen-bond donors (Lipinski definition) is 1. The van der Waals surface area contributed by atoms with Crippen LogP contribution in [0.4, 0.5) is 0 Å². The minimum absolute atomic E-state index is 0.417. The molecular weight excluding hydrogens is 241 g/mol. The molecule has 0 amide bonds. The monoisotopic (exact) mass is 249 g/mol. The van der Waals surface area contributed by atoms with Gasteiger partial charge in [-0.2, -0.15) is 5.06 Å². The van der Waals surface area contributed by atoms with Crippen molar-refractivity contribution in [1.82, 2.24) is 5.06 Å². The molecule has 0 aliphatic rings. The third-order valence-electron chi connectivity index (χ3n) is 1.45. The summed E-state index contributed by atoms with van der Waals surface area (Å²) in [5.74, 6) is 0. The van der Waals surface area contributed by atoms with E-state index in [9.17, 15) is 0 Å². The molecule has 1 N–H and O–H groups in total. The summed E-state index contributed by atoms with van der Waals surface area (Å²) >= 11 is 9.26. The number of hydrogen-bond acceptors (Lipinski definition) is 2. The van der Waals surface area contributed by atoms with Crippen molar-refractivity contribution in [1.29, 1.82) is 0 Å². The van der Waals surface area contributed by atoms with E-state index in [-0.39, 0.29) is 0 Å². The lowest BCUT2D eigenvalue weighted by molar-refractivity contribution is -0.0732. The standard InChI is InChI=1S/C8H9BrClNO/c1-11(12)5-6-7(9)3-2-4-8(6)10/h2-4,12H,5H2,1H3. The summed E-state index contributed by atoms with van der Waals surface area (Å²) in [5.41, 5.74) is 0.893. The number of nitrogens with zero attached hydrogens (tertiary/aromatic N) is 1. The molecule has 0 saturated heterocycles. The third-order valence-corrected chi connectivity index (χ3v) is 2.55. The highest BCUT2D eigenvalue weighted by Gasteiger charge is 2.05. The maximum absolute atomic E-state index is 9.01. The zero-order valence-electron chi connectivity index (χ0n) is 6.59. The Hall–Kier alpha value is -0.0900. The van der Waals surface area contributed by atoms with Gasteiger partial charge in [0, 0.05) is 22.1 Å². The number of benzene rings is 1. The third kappa shape index (κ3) is 2.45. The fourth-order valence-corrected chi connectivity index (χ4v) is 1.75. The van der Waals surface area contributed by atoms with E-state index in [4.69, 9.17) is 16.8 Å². The Morgan fingerprint density at radius 1 is 1.58 bits per heavy atom. The summed E-state index contributed by atoms with van der Waals surface area (Å²) < 4.78 is 0.913. The summed E-state index contributed by atoms with van der Waals surface area (Å²) in [4.78, 5) is 0. The first-order valence-corrected chi connectivity index (χ1v) is 4.61. The van der Waals surface area contributed by atoms with E-state index in [0.29, 0.717) is 11.6 Å². The van der Waals surface area contributed by atoms with Crippen LogP contribution in [0, 0.1) is 0 Å². The molecular formula is C8H9BrClNO. The molecule has 0 spiro atoms. The highest BCUT2D eigenvalue weighted by Crippen LogP contribution is 2.25. The van der Waals surface area contributed by atoms with Gasteiger partial charge in [-0.1, -0.05) is 33.6 Å². The molecule has 0 bridgehead atoms. The van der Waals surface area contributed by atoms with E-state index in [2.05, 4.69) is 15.9 Å². The van der Waals surface area contributed by atoms with Gasteiger partial charge in [-0.3, -0.25) is 0 Å². The fraction of sp³-hybridized carbons (Fsp3) is 0.250. The Morgan fingerprint density at radius 3 is 2.75 bits per heavy atom. The van der Waals surface area contributed by atoms with Gasteiger partial charge < -0.3 is 5.21 Å². The van der Waals surface area contributed by atoms with Crippen molar-refractivity contribution in [3.63, 3.8) is 0 Å². The van der Waals surface area contributed by atoms with Crippen molar-refractivity contribution in [3.8, 4) is 0 Å². The molecule has 0 aliphatic heterocycles. The molecule has 66 valence electrons. The average Bonchev–Trinajstić information content (AvgIpc) is 1.97. The van der Waals surface area contributed by atoms with Crippen LogP contribution in [0.2, 0.25) is 5.02 Å². The predicted molar refractivity (Wildman–Crippen MR) is 52.4 cm³/mol. The molecule has 0 heterocycles. The zero-order valence-corrected chi connectivity index (χ0v) is 8.93. The lowest BCUT2D eigenvalue weighted by Crippen LogP contribution is -2.12. The SMILES string of the molecule is CN(O)Cc1c(Cl)cccc1Br. The maximum Gasteiger partial charge on any atom is 0.0511 e. The van der Waals surface area contributed by atoms with Crippen LogP contribution >= 0.6 is 27.5 Å². The van der Waals surface area contributed by atoms with Crippen LogP contribution in [0.15, 0.2) is 22.7 Å². The van der Waals surface area contributed by atoms with Crippen molar-refractivity contribution < 1.29 is 5.21 Å². The van der Waals surface area contributed by atoms with Crippen molar-refractivity contribution in [3.05, 3.63) is 33.3 Å². The van der Waals surface area contributed by atoms with E-state index < -0.39 is 0 Å². The minimum atomic E-state index is 0.417. The van der Waals surface area contributed by atoms with Gasteiger partial charge in [0.05, 0.1) is 6.54 Å². The molecule has 12 heavy (non-hydrogen) atoms. The largest absolute Gasteiger partial charge is 0.314 e. The average molecular weight is 251 g/mol. The van der Waals surface area contributed by atoms with Gasteiger partial charge in [-0.15, -0.1) is 0 Å². The first-order valence-electron chi connectivity index (χ1n) is 3.44. The Bertz CT molecular complexity index is 258. The number of rotatable bonds is 2. The Balaban J connectivity index is 2.96. The predicted octanol–water partition coefficient (Wildman–Crippen LogP) is 2.92. The van der Waals surface area contributed by atoms with Crippen molar-refractivity contribution in [2.45, 2.75) is 6.54 Å². The molecule has 0 atom stereocenters. The van der Waals surface area contributed by atoms with Crippen LogP contribution in [0.1, 0.15) is 5.56 Å². The highest BCUT2D eigenvalue weighted by atomic mass is 79.9. The van der Waals surface area contributed by atoms with Gasteiger partial charge in [-0.05, 0) is 12.1 Å². The quantitative estimate of drug-likeness (QED) is 0.816. The number of hydroxylamine groups is 2. The van der Waals surface area contributed by atoms with Crippen LogP contribution in [-0.4, -0.2) is 17.3 Å². The second-order valence-electron chi connectivity index (χ2n) is 2.52. The second-order valence-corrected chi connectivity index (χ2v) is 3.78. The van der Waals surface area contributed by atoms with E-state index in [1.807, 2.05) is 12.1 Å².